The van der Waals surface area contributed by atoms with Crippen molar-refractivity contribution < 1.29 is 13.9 Å². The van der Waals surface area contributed by atoms with E-state index in [9.17, 15) is 9.18 Å². The van der Waals surface area contributed by atoms with Crippen molar-refractivity contribution in [2.45, 2.75) is 44.5 Å². The summed E-state index contributed by atoms with van der Waals surface area (Å²) in [5.74, 6) is 0.107. The Bertz CT molecular complexity index is 956. The van der Waals surface area contributed by atoms with Gasteiger partial charge in [-0.05, 0) is 55.9 Å². The van der Waals surface area contributed by atoms with E-state index in [1.807, 2.05) is 34.0 Å². The molecule has 0 N–H and O–H groups in total. The lowest BCUT2D eigenvalue weighted by atomic mass is 10.1. The smallest absolute Gasteiger partial charge is 0.410 e. The first-order chi connectivity index (χ1) is 13.5. The van der Waals surface area contributed by atoms with Gasteiger partial charge >= 0.3 is 6.09 Å². The van der Waals surface area contributed by atoms with Crippen LogP contribution >= 0.6 is 39.3 Å². The fourth-order valence-electron chi connectivity index (χ4n) is 3.21. The second kappa shape index (κ2) is 8.43. The van der Waals surface area contributed by atoms with Gasteiger partial charge in [0.15, 0.2) is 11.0 Å². The number of thioether (sulfide) groups is 1. The third-order valence-electron chi connectivity index (χ3n) is 4.52. The molecule has 1 aliphatic heterocycles. The number of hydrogen-bond acceptors (Lipinski definition) is 6. The summed E-state index contributed by atoms with van der Waals surface area (Å²) in [6, 6.07) is 1.63. The molecule has 0 spiro atoms. The minimum atomic E-state index is -0.546. The van der Waals surface area contributed by atoms with E-state index < -0.39 is 11.4 Å². The maximum Gasteiger partial charge on any atom is 0.410 e. The Balaban J connectivity index is 1.96. The quantitative estimate of drug-likeness (QED) is 0.311. The molecule has 1 atom stereocenters. The number of aromatic nitrogens is 2. The Morgan fingerprint density at radius 3 is 2.66 bits per heavy atom. The lowest BCUT2D eigenvalue weighted by Crippen LogP contribution is -2.55. The van der Waals surface area contributed by atoms with Gasteiger partial charge in [0.1, 0.15) is 16.9 Å². The molecule has 0 bridgehead atoms. The first-order valence-corrected chi connectivity index (χ1v) is 11.5. The molecule has 158 valence electrons. The number of anilines is 1. The second-order valence-electron chi connectivity index (χ2n) is 7.89. The maximum absolute atomic E-state index is 14.8. The molecule has 2 heterocycles. The Hall–Kier alpha value is -1.32. The number of rotatable bonds is 2. The lowest BCUT2D eigenvalue weighted by molar-refractivity contribution is 0.0218. The van der Waals surface area contributed by atoms with Gasteiger partial charge in [0.2, 0.25) is 0 Å². The predicted octanol–water partition coefficient (Wildman–Crippen LogP) is 5.35. The summed E-state index contributed by atoms with van der Waals surface area (Å²) in [5, 5.41) is 1.28. The zero-order valence-electron chi connectivity index (χ0n) is 16.9. The number of ether oxygens (including phenoxy) is 1. The van der Waals surface area contributed by atoms with Gasteiger partial charge in [-0.25, -0.2) is 19.2 Å². The highest BCUT2D eigenvalue weighted by Crippen LogP contribution is 2.37. The minimum Gasteiger partial charge on any atom is -0.444 e. The molecule has 2 aromatic rings. The zero-order valence-corrected chi connectivity index (χ0v) is 20.1. The summed E-state index contributed by atoms with van der Waals surface area (Å²) >= 11 is 10.7. The van der Waals surface area contributed by atoms with Gasteiger partial charge in [0.25, 0.3) is 0 Å². The summed E-state index contributed by atoms with van der Waals surface area (Å²) in [4.78, 5) is 25.2. The van der Waals surface area contributed by atoms with E-state index in [-0.39, 0.29) is 27.1 Å². The Kier molecular flexibility index (Phi) is 6.50. The van der Waals surface area contributed by atoms with Crippen molar-refractivity contribution in [2.75, 3.05) is 30.8 Å². The van der Waals surface area contributed by atoms with Crippen molar-refractivity contribution >= 4 is 62.1 Å². The Morgan fingerprint density at radius 1 is 1.38 bits per heavy atom. The first-order valence-electron chi connectivity index (χ1n) is 9.15. The highest BCUT2D eigenvalue weighted by atomic mass is 79.9. The van der Waals surface area contributed by atoms with E-state index in [0.29, 0.717) is 36.0 Å². The van der Waals surface area contributed by atoms with Crippen molar-refractivity contribution in [3.05, 3.63) is 21.4 Å². The van der Waals surface area contributed by atoms with Crippen LogP contribution < -0.4 is 4.90 Å². The summed E-state index contributed by atoms with van der Waals surface area (Å²) < 4.78 is 20.5. The van der Waals surface area contributed by atoms with Gasteiger partial charge in [-0.3, -0.25) is 0 Å². The zero-order chi connectivity index (χ0) is 21.5. The van der Waals surface area contributed by atoms with E-state index in [4.69, 9.17) is 16.3 Å². The van der Waals surface area contributed by atoms with E-state index in [2.05, 4.69) is 30.8 Å². The fraction of sp³-hybridized carbons (Fsp3) is 0.526. The van der Waals surface area contributed by atoms with Crippen LogP contribution in [-0.4, -0.2) is 58.5 Å². The molecule has 29 heavy (non-hydrogen) atoms. The average Bonchev–Trinajstić information content (AvgIpc) is 2.64. The Labute approximate surface area is 187 Å². The van der Waals surface area contributed by atoms with Gasteiger partial charge in [0, 0.05) is 31.1 Å². The largest absolute Gasteiger partial charge is 0.444 e. The monoisotopic (exact) mass is 504 g/mol. The van der Waals surface area contributed by atoms with E-state index in [1.165, 1.54) is 11.8 Å². The maximum atomic E-state index is 14.8. The van der Waals surface area contributed by atoms with Crippen molar-refractivity contribution in [3.8, 4) is 0 Å². The number of benzene rings is 1. The third kappa shape index (κ3) is 4.72. The average molecular weight is 506 g/mol. The molecule has 10 heteroatoms. The van der Waals surface area contributed by atoms with Crippen LogP contribution in [0.5, 0.6) is 0 Å². The van der Waals surface area contributed by atoms with Gasteiger partial charge in [-0.15, -0.1) is 0 Å². The van der Waals surface area contributed by atoms with Crippen LogP contribution in [0.15, 0.2) is 15.7 Å². The molecule has 1 amide bonds. The highest BCUT2D eigenvalue weighted by molar-refractivity contribution is 9.10. The van der Waals surface area contributed by atoms with Crippen molar-refractivity contribution in [1.82, 2.24) is 14.9 Å². The van der Waals surface area contributed by atoms with E-state index in [1.54, 1.807) is 11.0 Å². The molecule has 1 aliphatic rings. The molecule has 6 nitrogen and oxygen atoms in total. The molecule has 0 radical (unpaired) electrons. The number of nitrogens with zero attached hydrogens (tertiary/aromatic N) is 4. The number of fused-ring (bicyclic) bond motifs is 1. The number of hydrogen-bond donors (Lipinski definition) is 0. The van der Waals surface area contributed by atoms with Crippen molar-refractivity contribution in [3.63, 3.8) is 0 Å². The summed E-state index contributed by atoms with van der Waals surface area (Å²) in [7, 11) is 0. The Morgan fingerprint density at radius 2 is 2.07 bits per heavy atom. The SMILES string of the molecule is CSc1nc(N2CCN(C(=O)OC(C)(C)C)C[C@@H]2C)c2cc(Cl)c(Br)c(F)c2n1. The standard InChI is InChI=1S/C19H23BrClFN4O2S/c1-10-9-25(18(27)28-19(2,3)4)6-7-26(10)16-11-8-12(21)13(20)14(22)15(11)23-17(24-16)29-5/h8,10H,6-7,9H2,1-5H3/t10-/m0/s1. The molecule has 3 rings (SSSR count). The predicted molar refractivity (Wildman–Crippen MR) is 119 cm³/mol. The summed E-state index contributed by atoms with van der Waals surface area (Å²) in [6.07, 6.45) is 1.51. The summed E-state index contributed by atoms with van der Waals surface area (Å²) in [6.45, 7) is 9.03. The van der Waals surface area contributed by atoms with Gasteiger partial charge in [-0.1, -0.05) is 23.4 Å². The summed E-state index contributed by atoms with van der Waals surface area (Å²) in [5.41, 5.74) is -0.327. The minimum absolute atomic E-state index is 0.0467. The lowest BCUT2D eigenvalue weighted by Gasteiger charge is -2.41. The highest BCUT2D eigenvalue weighted by Gasteiger charge is 2.32. The number of carbonyl (C=O) groups is 1. The van der Waals surface area contributed by atoms with Crippen LogP contribution in [0, 0.1) is 5.82 Å². The van der Waals surface area contributed by atoms with Gasteiger partial charge < -0.3 is 14.5 Å². The first kappa shape index (κ1) is 22.4. The van der Waals surface area contributed by atoms with Crippen LogP contribution in [0.4, 0.5) is 15.0 Å². The molecule has 1 aromatic heterocycles. The molecule has 1 aromatic carbocycles. The van der Waals surface area contributed by atoms with Crippen molar-refractivity contribution in [2.24, 2.45) is 0 Å². The van der Waals surface area contributed by atoms with Crippen LogP contribution in [0.1, 0.15) is 27.7 Å². The normalized spacial score (nSPS) is 17.7. The molecule has 0 saturated carbocycles. The topological polar surface area (TPSA) is 58.6 Å². The fourth-order valence-corrected chi connectivity index (χ4v) is 4.07. The van der Waals surface area contributed by atoms with Gasteiger partial charge in [0.05, 0.1) is 9.50 Å². The number of halogens is 3. The van der Waals surface area contributed by atoms with E-state index >= 15 is 0 Å². The van der Waals surface area contributed by atoms with Crippen LogP contribution in [0.2, 0.25) is 5.02 Å². The third-order valence-corrected chi connectivity index (χ3v) is 6.37. The second-order valence-corrected chi connectivity index (χ2v) is 9.86. The molecular weight excluding hydrogens is 483 g/mol. The molecule has 0 aliphatic carbocycles. The molecule has 1 saturated heterocycles. The van der Waals surface area contributed by atoms with E-state index in [0.717, 1.165) is 0 Å². The van der Waals surface area contributed by atoms with Crippen LogP contribution in [0.25, 0.3) is 10.9 Å². The van der Waals surface area contributed by atoms with Crippen LogP contribution in [0.3, 0.4) is 0 Å². The number of amides is 1. The van der Waals surface area contributed by atoms with Gasteiger partial charge in [-0.2, -0.15) is 0 Å². The molecule has 0 unspecified atom stereocenters. The van der Waals surface area contributed by atoms with Crippen LogP contribution in [-0.2, 0) is 4.74 Å². The van der Waals surface area contributed by atoms with Crippen molar-refractivity contribution in [1.29, 1.82) is 0 Å². The molecular formula is C19H23BrClFN4O2S. The molecule has 1 fully saturated rings. The number of piperazine rings is 1. The number of carbonyl (C=O) groups excluding carboxylic acids is 1.